The Bertz CT molecular complexity index is 1230. The van der Waals surface area contributed by atoms with Gasteiger partial charge in [0.05, 0.1) is 0 Å². The molecule has 2 aromatic carbocycles. The molecule has 3 aromatic heterocycles. The lowest BCUT2D eigenvalue weighted by atomic mass is 10.1. The number of hydrogen-bond donors (Lipinski definition) is 0. The van der Waals surface area contributed by atoms with E-state index in [9.17, 15) is 0 Å². The van der Waals surface area contributed by atoms with Crippen LogP contribution in [0.1, 0.15) is 0 Å². The zero-order valence-corrected chi connectivity index (χ0v) is 14.4. The van der Waals surface area contributed by atoms with Crippen molar-refractivity contribution in [1.82, 2.24) is 19.6 Å². The first kappa shape index (κ1) is 15.0. The van der Waals surface area contributed by atoms with Crippen molar-refractivity contribution in [1.29, 1.82) is 0 Å². The fraction of sp³-hybridized carbons (Fsp3) is 0. The highest BCUT2D eigenvalue weighted by atomic mass is 35.5. The molecule has 5 heteroatoms. The average molecular weight is 357 g/mol. The summed E-state index contributed by atoms with van der Waals surface area (Å²) in [5, 5.41) is 10.7. The summed E-state index contributed by atoms with van der Waals surface area (Å²) >= 11 is 6.05. The minimum Gasteiger partial charge on any atom is -0.258 e. The molecule has 0 aliphatic rings. The van der Waals surface area contributed by atoms with E-state index in [0.29, 0.717) is 5.02 Å². The molecule has 0 N–H and O–H groups in total. The summed E-state index contributed by atoms with van der Waals surface area (Å²) in [6, 6.07) is 23.9. The van der Waals surface area contributed by atoms with E-state index in [1.54, 1.807) is 6.20 Å². The Morgan fingerprint density at radius 2 is 1.54 bits per heavy atom. The number of fused-ring (bicyclic) bond motifs is 3. The van der Waals surface area contributed by atoms with Gasteiger partial charge in [0, 0.05) is 27.7 Å². The zero-order valence-electron chi connectivity index (χ0n) is 13.7. The highest BCUT2D eigenvalue weighted by molar-refractivity contribution is 6.30. The monoisotopic (exact) mass is 356 g/mol. The molecule has 0 amide bonds. The molecule has 4 nitrogen and oxygen atoms in total. The van der Waals surface area contributed by atoms with Gasteiger partial charge in [0.25, 0.3) is 0 Å². The Labute approximate surface area is 154 Å². The maximum absolute atomic E-state index is 6.05. The van der Waals surface area contributed by atoms with E-state index in [-0.39, 0.29) is 0 Å². The van der Waals surface area contributed by atoms with Gasteiger partial charge in [-0.25, -0.2) is 4.98 Å². The molecule has 0 aliphatic heterocycles. The summed E-state index contributed by atoms with van der Waals surface area (Å²) in [4.78, 5) is 4.58. The van der Waals surface area contributed by atoms with Gasteiger partial charge in [0.15, 0.2) is 11.5 Å². The number of hydrogen-bond acceptors (Lipinski definition) is 3. The van der Waals surface area contributed by atoms with Crippen LogP contribution < -0.4 is 0 Å². The van der Waals surface area contributed by atoms with Gasteiger partial charge in [-0.2, -0.15) is 0 Å². The standard InChI is InChI=1S/C21H13ClN4/c22-17-10-8-14(9-11-17)18-13-16-7-4-12-23-19(16)26-20(24-25-21(18)26)15-5-2-1-3-6-15/h1-13H. The summed E-state index contributed by atoms with van der Waals surface area (Å²) < 4.78 is 2.02. The van der Waals surface area contributed by atoms with E-state index in [4.69, 9.17) is 11.6 Å². The predicted molar refractivity (Wildman–Crippen MR) is 104 cm³/mol. The Kier molecular flexibility index (Phi) is 3.43. The molecule has 0 bridgehead atoms. The number of rotatable bonds is 2. The first-order valence-electron chi connectivity index (χ1n) is 8.25. The Morgan fingerprint density at radius 1 is 0.731 bits per heavy atom. The fourth-order valence-electron chi connectivity index (χ4n) is 3.20. The Morgan fingerprint density at radius 3 is 2.35 bits per heavy atom. The average Bonchev–Trinajstić information content (AvgIpc) is 3.14. The van der Waals surface area contributed by atoms with E-state index in [2.05, 4.69) is 27.3 Å². The largest absolute Gasteiger partial charge is 0.258 e. The van der Waals surface area contributed by atoms with Crippen LogP contribution >= 0.6 is 11.6 Å². The summed E-state index contributed by atoms with van der Waals surface area (Å²) in [6.07, 6.45) is 1.79. The van der Waals surface area contributed by atoms with Gasteiger partial charge in [-0.15, -0.1) is 10.2 Å². The lowest BCUT2D eigenvalue weighted by Crippen LogP contribution is -1.96. The van der Waals surface area contributed by atoms with Crippen LogP contribution in [-0.2, 0) is 0 Å². The van der Waals surface area contributed by atoms with Crippen LogP contribution in [-0.4, -0.2) is 19.6 Å². The second-order valence-corrected chi connectivity index (χ2v) is 6.47. The third-order valence-electron chi connectivity index (χ3n) is 4.42. The minimum absolute atomic E-state index is 0.707. The van der Waals surface area contributed by atoms with Crippen LogP contribution in [0.4, 0.5) is 0 Å². The van der Waals surface area contributed by atoms with Gasteiger partial charge in [-0.3, -0.25) is 4.40 Å². The second kappa shape index (κ2) is 5.93. The molecule has 0 radical (unpaired) electrons. The number of benzene rings is 2. The van der Waals surface area contributed by atoms with Crippen LogP contribution in [0, 0.1) is 0 Å². The number of aromatic nitrogens is 4. The lowest BCUT2D eigenvalue weighted by Gasteiger charge is -2.09. The number of nitrogens with zero attached hydrogens (tertiary/aromatic N) is 4. The van der Waals surface area contributed by atoms with Gasteiger partial charge < -0.3 is 0 Å². The molecule has 5 rings (SSSR count). The third kappa shape index (κ3) is 2.35. The molecule has 0 aliphatic carbocycles. The Balaban J connectivity index is 1.90. The molecule has 124 valence electrons. The topological polar surface area (TPSA) is 43.1 Å². The third-order valence-corrected chi connectivity index (χ3v) is 4.67. The van der Waals surface area contributed by atoms with Crippen molar-refractivity contribution in [2.45, 2.75) is 0 Å². The van der Waals surface area contributed by atoms with Crippen LogP contribution in [0.5, 0.6) is 0 Å². The second-order valence-electron chi connectivity index (χ2n) is 6.03. The molecule has 0 fully saturated rings. The van der Waals surface area contributed by atoms with Crippen molar-refractivity contribution in [2.75, 3.05) is 0 Å². The lowest BCUT2D eigenvalue weighted by molar-refractivity contribution is 1.11. The first-order valence-corrected chi connectivity index (χ1v) is 8.63. The van der Waals surface area contributed by atoms with E-state index in [1.165, 1.54) is 0 Å². The summed E-state index contributed by atoms with van der Waals surface area (Å²) in [5.41, 5.74) is 4.65. The number of pyridine rings is 2. The highest BCUT2D eigenvalue weighted by Gasteiger charge is 2.16. The smallest absolute Gasteiger partial charge is 0.170 e. The molecular weight excluding hydrogens is 344 g/mol. The van der Waals surface area contributed by atoms with E-state index in [1.807, 2.05) is 65.1 Å². The maximum Gasteiger partial charge on any atom is 0.170 e. The molecule has 3 heterocycles. The van der Waals surface area contributed by atoms with Crippen molar-refractivity contribution < 1.29 is 0 Å². The first-order chi connectivity index (χ1) is 12.8. The van der Waals surface area contributed by atoms with Crippen molar-refractivity contribution in [3.8, 4) is 22.5 Å². The molecule has 0 saturated heterocycles. The summed E-state index contributed by atoms with van der Waals surface area (Å²) in [5.74, 6) is 0.778. The maximum atomic E-state index is 6.05. The van der Waals surface area contributed by atoms with Crippen molar-refractivity contribution >= 4 is 28.3 Å². The van der Waals surface area contributed by atoms with Crippen LogP contribution in [0.3, 0.4) is 0 Å². The van der Waals surface area contributed by atoms with E-state index < -0.39 is 0 Å². The van der Waals surface area contributed by atoms with E-state index >= 15 is 0 Å². The number of halogens is 1. The van der Waals surface area contributed by atoms with Crippen LogP contribution in [0.25, 0.3) is 39.2 Å². The van der Waals surface area contributed by atoms with Gasteiger partial charge in [-0.05, 0) is 35.9 Å². The molecule has 0 atom stereocenters. The van der Waals surface area contributed by atoms with Crippen LogP contribution in [0.15, 0.2) is 79.0 Å². The van der Waals surface area contributed by atoms with Gasteiger partial charge >= 0.3 is 0 Å². The molecule has 0 saturated carbocycles. The molecular formula is C21H13ClN4. The SMILES string of the molecule is Clc1ccc(-c2cc3cccnc3n3c(-c4ccccc4)nnc23)cc1. The minimum atomic E-state index is 0.707. The van der Waals surface area contributed by atoms with Crippen LogP contribution in [0.2, 0.25) is 5.02 Å². The van der Waals surface area contributed by atoms with Gasteiger partial charge in [0.2, 0.25) is 0 Å². The molecule has 26 heavy (non-hydrogen) atoms. The summed E-state index contributed by atoms with van der Waals surface area (Å²) in [7, 11) is 0. The Hall–Kier alpha value is -3.24. The van der Waals surface area contributed by atoms with E-state index in [0.717, 1.165) is 39.2 Å². The molecule has 0 unspecified atom stereocenters. The summed E-state index contributed by atoms with van der Waals surface area (Å²) in [6.45, 7) is 0. The molecule has 0 spiro atoms. The van der Waals surface area contributed by atoms with Crippen molar-refractivity contribution in [3.63, 3.8) is 0 Å². The normalized spacial score (nSPS) is 11.3. The highest BCUT2D eigenvalue weighted by Crippen LogP contribution is 2.31. The predicted octanol–water partition coefficient (Wildman–Crippen LogP) is 5.26. The van der Waals surface area contributed by atoms with Crippen molar-refractivity contribution in [3.05, 3.63) is 84.0 Å². The fourth-order valence-corrected chi connectivity index (χ4v) is 3.33. The van der Waals surface area contributed by atoms with Gasteiger partial charge in [0.1, 0.15) is 5.65 Å². The van der Waals surface area contributed by atoms with Crippen molar-refractivity contribution in [2.24, 2.45) is 0 Å². The molecule has 5 aromatic rings. The zero-order chi connectivity index (χ0) is 17.5. The quantitative estimate of drug-likeness (QED) is 0.433. The van der Waals surface area contributed by atoms with Gasteiger partial charge in [-0.1, -0.05) is 54.1 Å².